The predicted molar refractivity (Wildman–Crippen MR) is 149 cm³/mol. The second-order valence-corrected chi connectivity index (χ2v) is 10.0. The number of thioether (sulfide) groups is 2. The second-order valence-electron chi connectivity index (χ2n) is 7.93. The van der Waals surface area contributed by atoms with Gasteiger partial charge < -0.3 is 14.2 Å². The second kappa shape index (κ2) is 13.0. The van der Waals surface area contributed by atoms with Gasteiger partial charge in [-0.15, -0.1) is 23.5 Å². The van der Waals surface area contributed by atoms with Gasteiger partial charge in [-0.05, 0) is 97.1 Å². The molecule has 0 aliphatic rings. The van der Waals surface area contributed by atoms with Crippen LogP contribution in [0, 0.1) is 0 Å². The van der Waals surface area contributed by atoms with Crippen LogP contribution in [0.25, 0.3) is 0 Å². The molecule has 0 atom stereocenters. The van der Waals surface area contributed by atoms with Crippen LogP contribution in [0.15, 0.2) is 107 Å². The van der Waals surface area contributed by atoms with Gasteiger partial charge in [0.1, 0.15) is 23.0 Å². The van der Waals surface area contributed by atoms with Crippen molar-refractivity contribution in [1.82, 2.24) is 0 Å². The number of carbonyl (C=O) groups is 2. The highest BCUT2D eigenvalue weighted by atomic mass is 32.2. The Balaban J connectivity index is 1.24. The Kier molecular flexibility index (Phi) is 9.29. The maximum absolute atomic E-state index is 12.4. The highest BCUT2D eigenvalue weighted by Gasteiger charge is 2.09. The maximum Gasteiger partial charge on any atom is 0.173 e. The molecule has 7 heteroatoms. The number of methoxy groups -OCH3 is 2. The van der Waals surface area contributed by atoms with Crippen molar-refractivity contribution in [3.63, 3.8) is 0 Å². The summed E-state index contributed by atoms with van der Waals surface area (Å²) >= 11 is 2.97. The van der Waals surface area contributed by atoms with Gasteiger partial charge in [0.05, 0.1) is 25.7 Å². The molecule has 0 fully saturated rings. The molecule has 0 N–H and O–H groups in total. The number of ketones is 2. The molecule has 0 amide bonds. The zero-order chi connectivity index (χ0) is 26.0. The molecule has 37 heavy (non-hydrogen) atoms. The first-order chi connectivity index (χ1) is 18.0. The van der Waals surface area contributed by atoms with Gasteiger partial charge in [-0.2, -0.15) is 0 Å². The molecule has 4 aromatic carbocycles. The standard InChI is InChI=1S/C30H26O5S2/c1-33-23-7-3-21(4-8-23)29(31)19-36-27-15-11-25(12-16-27)35-26-13-17-28(18-14-26)37-20-30(32)22-5-9-24(34-2)10-6-22/h3-18H,19-20H2,1-2H3. The molecule has 4 rings (SSSR count). The normalized spacial score (nSPS) is 10.5. The van der Waals surface area contributed by atoms with Gasteiger partial charge in [0.25, 0.3) is 0 Å². The average Bonchev–Trinajstić information content (AvgIpc) is 2.96. The van der Waals surface area contributed by atoms with E-state index in [-0.39, 0.29) is 11.6 Å². The Morgan fingerprint density at radius 3 is 1.16 bits per heavy atom. The van der Waals surface area contributed by atoms with Crippen LogP contribution < -0.4 is 14.2 Å². The SMILES string of the molecule is COc1ccc(C(=O)CSc2ccc(Oc3ccc(SCC(=O)c4ccc(OC)cc4)cc3)cc2)cc1. The zero-order valence-electron chi connectivity index (χ0n) is 20.5. The van der Waals surface area contributed by atoms with Crippen molar-refractivity contribution >= 4 is 35.1 Å². The Bertz CT molecular complexity index is 1210. The Morgan fingerprint density at radius 2 is 0.838 bits per heavy atom. The van der Waals surface area contributed by atoms with Crippen molar-refractivity contribution in [3.8, 4) is 23.0 Å². The van der Waals surface area contributed by atoms with E-state index in [1.165, 1.54) is 23.5 Å². The summed E-state index contributed by atoms with van der Waals surface area (Å²) in [4.78, 5) is 26.8. The molecule has 0 bridgehead atoms. The largest absolute Gasteiger partial charge is 0.497 e. The van der Waals surface area contributed by atoms with E-state index in [1.54, 1.807) is 62.8 Å². The molecule has 0 saturated heterocycles. The lowest BCUT2D eigenvalue weighted by atomic mass is 10.1. The average molecular weight is 531 g/mol. The molecule has 0 radical (unpaired) electrons. The molecule has 188 valence electrons. The van der Waals surface area contributed by atoms with Crippen LogP contribution in [-0.4, -0.2) is 37.3 Å². The third kappa shape index (κ3) is 7.65. The summed E-state index contributed by atoms with van der Waals surface area (Å²) in [6.07, 6.45) is 0. The van der Waals surface area contributed by atoms with Gasteiger partial charge in [0, 0.05) is 20.9 Å². The number of carbonyl (C=O) groups excluding carboxylic acids is 2. The molecule has 0 heterocycles. The van der Waals surface area contributed by atoms with Gasteiger partial charge in [0.15, 0.2) is 11.6 Å². The summed E-state index contributed by atoms with van der Waals surface area (Å²) in [6.45, 7) is 0. The fourth-order valence-corrected chi connectivity index (χ4v) is 4.95. The van der Waals surface area contributed by atoms with Gasteiger partial charge in [-0.1, -0.05) is 0 Å². The van der Waals surface area contributed by atoms with E-state index in [4.69, 9.17) is 14.2 Å². The van der Waals surface area contributed by atoms with Crippen molar-refractivity contribution in [2.75, 3.05) is 25.7 Å². The van der Waals surface area contributed by atoms with E-state index in [9.17, 15) is 9.59 Å². The number of benzene rings is 4. The lowest BCUT2D eigenvalue weighted by Gasteiger charge is -2.08. The highest BCUT2D eigenvalue weighted by Crippen LogP contribution is 2.28. The smallest absolute Gasteiger partial charge is 0.173 e. The molecule has 0 unspecified atom stereocenters. The summed E-state index contributed by atoms with van der Waals surface area (Å²) in [7, 11) is 3.20. The van der Waals surface area contributed by atoms with Crippen molar-refractivity contribution in [2.45, 2.75) is 9.79 Å². The van der Waals surface area contributed by atoms with Crippen LogP contribution in [-0.2, 0) is 0 Å². The number of ether oxygens (including phenoxy) is 3. The summed E-state index contributed by atoms with van der Waals surface area (Å²) < 4.78 is 16.2. The van der Waals surface area contributed by atoms with Crippen LogP contribution in [0.2, 0.25) is 0 Å². The molecule has 0 aliphatic heterocycles. The van der Waals surface area contributed by atoms with Crippen LogP contribution in [0.5, 0.6) is 23.0 Å². The molecule has 0 saturated carbocycles. The van der Waals surface area contributed by atoms with Crippen LogP contribution in [0.3, 0.4) is 0 Å². The Labute approximate surface area is 225 Å². The zero-order valence-corrected chi connectivity index (χ0v) is 22.1. The van der Waals surface area contributed by atoms with Gasteiger partial charge in [-0.3, -0.25) is 9.59 Å². The quantitative estimate of drug-likeness (QED) is 0.139. The molecule has 5 nitrogen and oxygen atoms in total. The highest BCUT2D eigenvalue weighted by molar-refractivity contribution is 8.00. The lowest BCUT2D eigenvalue weighted by Crippen LogP contribution is -2.02. The first-order valence-corrected chi connectivity index (χ1v) is 13.5. The van der Waals surface area contributed by atoms with E-state index in [1.807, 2.05) is 48.5 Å². The van der Waals surface area contributed by atoms with Gasteiger partial charge in [0.2, 0.25) is 0 Å². The van der Waals surface area contributed by atoms with Crippen molar-refractivity contribution in [2.24, 2.45) is 0 Å². The molecule has 0 spiro atoms. The Hall–Kier alpha value is -3.68. The molecular formula is C30H26O5S2. The predicted octanol–water partition coefficient (Wildman–Crippen LogP) is 7.45. The maximum atomic E-state index is 12.4. The monoisotopic (exact) mass is 530 g/mol. The topological polar surface area (TPSA) is 61.8 Å². The van der Waals surface area contributed by atoms with Crippen molar-refractivity contribution in [3.05, 3.63) is 108 Å². The van der Waals surface area contributed by atoms with Gasteiger partial charge in [-0.25, -0.2) is 0 Å². The minimum absolute atomic E-state index is 0.0663. The summed E-state index contributed by atoms with van der Waals surface area (Å²) in [5.41, 5.74) is 1.33. The summed E-state index contributed by atoms with van der Waals surface area (Å²) in [5.74, 6) is 3.72. The van der Waals surface area contributed by atoms with Crippen LogP contribution in [0.1, 0.15) is 20.7 Å². The third-order valence-electron chi connectivity index (χ3n) is 5.45. The molecule has 0 aliphatic carbocycles. The first-order valence-electron chi connectivity index (χ1n) is 11.5. The van der Waals surface area contributed by atoms with Crippen LogP contribution >= 0.6 is 23.5 Å². The van der Waals surface area contributed by atoms with Gasteiger partial charge >= 0.3 is 0 Å². The third-order valence-corrected chi connectivity index (χ3v) is 7.47. The number of hydrogen-bond acceptors (Lipinski definition) is 7. The molecule has 4 aromatic rings. The van der Waals surface area contributed by atoms with Crippen molar-refractivity contribution < 1.29 is 23.8 Å². The number of hydrogen-bond donors (Lipinski definition) is 0. The van der Waals surface area contributed by atoms with E-state index < -0.39 is 0 Å². The van der Waals surface area contributed by atoms with E-state index in [0.29, 0.717) is 34.1 Å². The minimum Gasteiger partial charge on any atom is -0.497 e. The van der Waals surface area contributed by atoms with E-state index >= 15 is 0 Å². The van der Waals surface area contributed by atoms with E-state index in [2.05, 4.69) is 0 Å². The molecule has 0 aromatic heterocycles. The number of Topliss-reactive ketones (excluding diaryl/α,β-unsaturated/α-hetero) is 2. The summed E-state index contributed by atoms with van der Waals surface area (Å²) in [6, 6.07) is 29.6. The van der Waals surface area contributed by atoms with Crippen molar-refractivity contribution in [1.29, 1.82) is 0 Å². The minimum atomic E-state index is 0.0663. The van der Waals surface area contributed by atoms with Crippen LogP contribution in [0.4, 0.5) is 0 Å². The molecular weight excluding hydrogens is 504 g/mol. The fraction of sp³-hybridized carbons (Fsp3) is 0.133. The summed E-state index contributed by atoms with van der Waals surface area (Å²) in [5, 5.41) is 0. The Morgan fingerprint density at radius 1 is 0.514 bits per heavy atom. The fourth-order valence-electron chi connectivity index (χ4n) is 3.36. The number of rotatable bonds is 12. The lowest BCUT2D eigenvalue weighted by molar-refractivity contribution is 0.101. The first kappa shape index (κ1) is 26.4. The van der Waals surface area contributed by atoms with E-state index in [0.717, 1.165) is 21.3 Å².